The Hall–Kier alpha value is -0.0600. The number of hydrogen-bond donors (Lipinski definition) is 1. The molecule has 0 spiro atoms. The minimum Gasteiger partial charge on any atom is -0.281 e. The molecule has 0 amide bonds. The summed E-state index contributed by atoms with van der Waals surface area (Å²) in [5, 5.41) is 7.31. The molecule has 2 rings (SSSR count). The molecule has 0 aliphatic heterocycles. The molecule has 2 nitrogen and oxygen atoms in total. The molecule has 0 aromatic carbocycles. The van der Waals surface area contributed by atoms with E-state index in [1.807, 2.05) is 0 Å². The van der Waals surface area contributed by atoms with Crippen LogP contribution >= 0.6 is 22.6 Å². The fourth-order valence-electron chi connectivity index (χ4n) is 1.62. The van der Waals surface area contributed by atoms with Gasteiger partial charge in [-0.1, -0.05) is 6.42 Å². The molecule has 1 heterocycles. The quantitative estimate of drug-likeness (QED) is 0.564. The molecule has 0 atom stereocenters. The topological polar surface area (TPSA) is 28.7 Å². The molecule has 1 N–H and O–H groups in total. The Balaban J connectivity index is 2.35. The minimum atomic E-state index is 1.18. The van der Waals surface area contributed by atoms with Gasteiger partial charge in [-0.25, -0.2) is 0 Å². The van der Waals surface area contributed by atoms with Crippen molar-refractivity contribution in [2.45, 2.75) is 32.1 Å². The normalized spacial score (nSPS) is 17.5. The number of H-pyrrole nitrogens is 1. The third kappa shape index (κ3) is 1.43. The second-order valence-electron chi connectivity index (χ2n) is 3.03. The number of nitrogens with zero attached hydrogens (tertiary/aromatic N) is 1. The van der Waals surface area contributed by atoms with Crippen LogP contribution in [0.3, 0.4) is 0 Å². The van der Waals surface area contributed by atoms with E-state index < -0.39 is 0 Å². The highest BCUT2D eigenvalue weighted by Crippen LogP contribution is 2.22. The zero-order valence-corrected chi connectivity index (χ0v) is 8.52. The van der Waals surface area contributed by atoms with E-state index in [1.54, 1.807) is 0 Å². The van der Waals surface area contributed by atoms with Gasteiger partial charge >= 0.3 is 0 Å². The lowest BCUT2D eigenvalue weighted by atomic mass is 10.2. The number of aromatic nitrogens is 2. The van der Waals surface area contributed by atoms with Gasteiger partial charge in [0.25, 0.3) is 0 Å². The summed E-state index contributed by atoms with van der Waals surface area (Å²) in [6.45, 7) is 0. The molecule has 1 aromatic heterocycles. The van der Waals surface area contributed by atoms with Crippen LogP contribution < -0.4 is 0 Å². The maximum Gasteiger partial charge on any atom is 0.126 e. The summed E-state index contributed by atoms with van der Waals surface area (Å²) in [6, 6.07) is 0. The van der Waals surface area contributed by atoms with Crippen molar-refractivity contribution in [1.82, 2.24) is 10.2 Å². The van der Waals surface area contributed by atoms with Gasteiger partial charge in [0.2, 0.25) is 0 Å². The Bertz CT molecular complexity index is 255. The maximum absolute atomic E-state index is 4.20. The summed E-state index contributed by atoms with van der Waals surface area (Å²) < 4.78 is 1.18. The van der Waals surface area contributed by atoms with Gasteiger partial charge in [0.1, 0.15) is 3.70 Å². The Kier molecular flexibility index (Phi) is 2.16. The largest absolute Gasteiger partial charge is 0.281 e. The molecule has 0 saturated carbocycles. The number of aromatic amines is 1. The number of fused-ring (bicyclic) bond motifs is 1. The van der Waals surface area contributed by atoms with Crippen LogP contribution in [0.4, 0.5) is 0 Å². The average molecular weight is 262 g/mol. The standard InChI is InChI=1S/C8H11IN2/c9-8-6-4-2-1-3-5-7(6)10-11-8/h1-5H2,(H,10,11). The van der Waals surface area contributed by atoms with Crippen LogP contribution in [0.15, 0.2) is 0 Å². The fraction of sp³-hybridized carbons (Fsp3) is 0.625. The predicted octanol–water partition coefficient (Wildman–Crippen LogP) is 2.28. The SMILES string of the molecule is Ic1n[nH]c2c1CCCCC2. The molecular weight excluding hydrogens is 251 g/mol. The summed E-state index contributed by atoms with van der Waals surface area (Å²) in [5.74, 6) is 0. The highest BCUT2D eigenvalue weighted by molar-refractivity contribution is 14.1. The second kappa shape index (κ2) is 3.13. The smallest absolute Gasteiger partial charge is 0.126 e. The minimum absolute atomic E-state index is 1.18. The first-order valence-corrected chi connectivity index (χ1v) is 5.17. The van der Waals surface area contributed by atoms with Gasteiger partial charge in [-0.2, -0.15) is 5.10 Å². The van der Waals surface area contributed by atoms with Gasteiger partial charge in [0.05, 0.1) is 0 Å². The van der Waals surface area contributed by atoms with E-state index in [1.165, 1.54) is 47.1 Å². The lowest BCUT2D eigenvalue weighted by Gasteiger charge is -1.94. The van der Waals surface area contributed by atoms with Crippen LogP contribution in [0, 0.1) is 3.70 Å². The van der Waals surface area contributed by atoms with E-state index in [4.69, 9.17) is 0 Å². The van der Waals surface area contributed by atoms with E-state index in [-0.39, 0.29) is 0 Å². The summed E-state index contributed by atoms with van der Waals surface area (Å²) >= 11 is 2.31. The van der Waals surface area contributed by atoms with Crippen molar-refractivity contribution in [2.75, 3.05) is 0 Å². The van der Waals surface area contributed by atoms with Gasteiger partial charge in [0.15, 0.2) is 0 Å². The van der Waals surface area contributed by atoms with Crippen molar-refractivity contribution in [3.63, 3.8) is 0 Å². The van der Waals surface area contributed by atoms with E-state index >= 15 is 0 Å². The third-order valence-corrected chi connectivity index (χ3v) is 3.15. The molecule has 0 fully saturated rings. The van der Waals surface area contributed by atoms with Crippen LogP contribution in [0.5, 0.6) is 0 Å². The summed E-state index contributed by atoms with van der Waals surface area (Å²) in [4.78, 5) is 0. The molecule has 0 bridgehead atoms. The lowest BCUT2D eigenvalue weighted by molar-refractivity contribution is 0.701. The van der Waals surface area contributed by atoms with Crippen molar-refractivity contribution in [3.8, 4) is 0 Å². The van der Waals surface area contributed by atoms with Crippen molar-refractivity contribution in [3.05, 3.63) is 15.0 Å². The number of aryl methyl sites for hydroxylation is 1. The van der Waals surface area contributed by atoms with E-state index in [2.05, 4.69) is 32.8 Å². The summed E-state index contributed by atoms with van der Waals surface area (Å²) in [5.41, 5.74) is 2.86. The van der Waals surface area contributed by atoms with E-state index in [0.29, 0.717) is 0 Å². The van der Waals surface area contributed by atoms with Crippen LogP contribution in [-0.4, -0.2) is 10.2 Å². The van der Waals surface area contributed by atoms with Crippen molar-refractivity contribution < 1.29 is 0 Å². The highest BCUT2D eigenvalue weighted by Gasteiger charge is 2.12. The second-order valence-corrected chi connectivity index (χ2v) is 4.05. The Morgan fingerprint density at radius 3 is 2.91 bits per heavy atom. The molecule has 1 aliphatic rings. The number of rotatable bonds is 0. The van der Waals surface area contributed by atoms with Crippen molar-refractivity contribution >= 4 is 22.6 Å². The van der Waals surface area contributed by atoms with Crippen LogP contribution in [0.2, 0.25) is 0 Å². The van der Waals surface area contributed by atoms with E-state index in [9.17, 15) is 0 Å². The molecule has 11 heavy (non-hydrogen) atoms. The molecule has 3 heteroatoms. The molecule has 60 valence electrons. The molecule has 0 unspecified atom stereocenters. The van der Waals surface area contributed by atoms with Crippen LogP contribution in [0.1, 0.15) is 30.5 Å². The zero-order valence-electron chi connectivity index (χ0n) is 6.36. The molecule has 0 radical (unpaired) electrons. The van der Waals surface area contributed by atoms with Gasteiger partial charge in [0, 0.05) is 11.3 Å². The third-order valence-electron chi connectivity index (χ3n) is 2.26. The number of halogens is 1. The van der Waals surface area contributed by atoms with Gasteiger partial charge in [-0.05, 0) is 48.3 Å². The first kappa shape index (κ1) is 7.58. The average Bonchev–Trinajstić information content (AvgIpc) is 2.25. The Morgan fingerprint density at radius 1 is 1.18 bits per heavy atom. The van der Waals surface area contributed by atoms with Crippen molar-refractivity contribution in [2.24, 2.45) is 0 Å². The Labute approximate surface area is 79.9 Å². The number of hydrogen-bond acceptors (Lipinski definition) is 1. The van der Waals surface area contributed by atoms with Gasteiger partial charge < -0.3 is 0 Å². The molecular formula is C8H11IN2. The Morgan fingerprint density at radius 2 is 2.00 bits per heavy atom. The molecule has 1 aromatic rings. The van der Waals surface area contributed by atoms with E-state index in [0.717, 1.165) is 0 Å². The lowest BCUT2D eigenvalue weighted by Crippen LogP contribution is -1.87. The fourth-order valence-corrected chi connectivity index (χ4v) is 2.33. The van der Waals surface area contributed by atoms with Crippen LogP contribution in [-0.2, 0) is 12.8 Å². The summed E-state index contributed by atoms with van der Waals surface area (Å²) in [7, 11) is 0. The zero-order chi connectivity index (χ0) is 7.68. The van der Waals surface area contributed by atoms with Gasteiger partial charge in [-0.15, -0.1) is 0 Å². The first-order chi connectivity index (χ1) is 5.38. The number of nitrogens with one attached hydrogen (secondary N) is 1. The highest BCUT2D eigenvalue weighted by atomic mass is 127. The molecule has 0 saturated heterocycles. The monoisotopic (exact) mass is 262 g/mol. The molecule has 1 aliphatic carbocycles. The van der Waals surface area contributed by atoms with Crippen molar-refractivity contribution in [1.29, 1.82) is 0 Å². The van der Waals surface area contributed by atoms with Crippen LogP contribution in [0.25, 0.3) is 0 Å². The first-order valence-electron chi connectivity index (χ1n) is 4.09. The van der Waals surface area contributed by atoms with Gasteiger partial charge in [-0.3, -0.25) is 5.10 Å². The maximum atomic E-state index is 4.20. The summed E-state index contributed by atoms with van der Waals surface area (Å²) in [6.07, 6.45) is 6.46. The predicted molar refractivity (Wildman–Crippen MR) is 52.6 cm³/mol.